The van der Waals surface area contributed by atoms with E-state index in [9.17, 15) is 0 Å². The molecule has 0 heterocycles. The molecule has 3 heteroatoms. The molecule has 0 amide bonds. The fourth-order valence-corrected chi connectivity index (χ4v) is 0. The Morgan fingerprint density at radius 3 is 1.67 bits per heavy atom. The molecule has 1 nitrogen and oxygen atoms in total. The first kappa shape index (κ1) is 15.7. The van der Waals surface area contributed by atoms with Gasteiger partial charge in [-0.3, -0.25) is 0 Å². The van der Waals surface area contributed by atoms with Crippen molar-refractivity contribution < 1.29 is 35.0 Å². The van der Waals surface area contributed by atoms with E-state index >= 15 is 0 Å². The molecule has 0 aromatic heterocycles. The van der Waals surface area contributed by atoms with Crippen molar-refractivity contribution in [1.82, 2.24) is 0 Å². The van der Waals surface area contributed by atoms with Crippen molar-refractivity contribution in [1.29, 1.82) is 0 Å². The van der Waals surface area contributed by atoms with Crippen LogP contribution in [0.25, 0.3) is 0 Å². The molecule has 0 aliphatic carbocycles. The molecule has 6 heavy (non-hydrogen) atoms. The number of hydrogen-bond donors (Lipinski definition) is 1. The van der Waals surface area contributed by atoms with E-state index in [1.807, 2.05) is 0 Å². The maximum Gasteiger partial charge on any atom is 1.00 e. The Bertz CT molecular complexity index is 12.8. The van der Waals surface area contributed by atoms with E-state index in [1.54, 1.807) is 0 Å². The van der Waals surface area contributed by atoms with E-state index in [4.69, 9.17) is 0 Å². The Morgan fingerprint density at radius 1 is 1.50 bits per heavy atom. The van der Waals surface area contributed by atoms with Gasteiger partial charge in [0.1, 0.15) is 0 Å². The van der Waals surface area contributed by atoms with Crippen molar-refractivity contribution >= 4 is 12.6 Å². The summed E-state index contributed by atoms with van der Waals surface area (Å²) in [5, 5.41) is 0. The predicted octanol–water partition coefficient (Wildman–Crippen LogP) is -1.85. The first-order chi connectivity index (χ1) is 1.91. The quantitative estimate of drug-likeness (QED) is 0.316. The summed E-state index contributed by atoms with van der Waals surface area (Å²) in [7, 11) is 0. The van der Waals surface area contributed by atoms with Crippen LogP contribution in [0.5, 0.6) is 0 Å². The van der Waals surface area contributed by atoms with Crippen molar-refractivity contribution in [2.75, 3.05) is 5.75 Å². The monoisotopic (exact) mass is 116 g/mol. The van der Waals surface area contributed by atoms with E-state index < -0.39 is 0 Å². The molecule has 0 unspecified atom stereocenters. The zero-order valence-electron chi connectivity index (χ0n) is 4.31. The van der Waals surface area contributed by atoms with E-state index in [0.717, 1.165) is 5.75 Å². The molecule has 34 valence electrons. The van der Waals surface area contributed by atoms with Crippen molar-refractivity contribution in [3.05, 3.63) is 0 Å². The summed E-state index contributed by atoms with van der Waals surface area (Å²) in [5.41, 5.74) is 0. The van der Waals surface area contributed by atoms with E-state index in [2.05, 4.69) is 19.6 Å². The molecule has 0 aromatic carbocycles. The Balaban J connectivity index is -0.0000000450. The van der Waals surface area contributed by atoms with Crippen LogP contribution in [0.1, 0.15) is 13.3 Å². The van der Waals surface area contributed by atoms with Crippen molar-refractivity contribution in [2.24, 2.45) is 0 Å². The molecule has 0 fully saturated rings. The minimum absolute atomic E-state index is 0. The van der Waals surface area contributed by atoms with Gasteiger partial charge in [0.25, 0.3) is 0 Å². The first-order valence-corrected chi connectivity index (χ1v) is 2.16. The molecule has 0 atom stereocenters. The molecule has 0 aliphatic rings. The topological polar surface area (TPSA) is 30.0 Å². The van der Waals surface area contributed by atoms with Gasteiger partial charge >= 0.3 is 29.6 Å². The Labute approximate surface area is 66.5 Å². The molecule has 0 aromatic rings. The average molecular weight is 116 g/mol. The van der Waals surface area contributed by atoms with Crippen molar-refractivity contribution in [3.8, 4) is 0 Å². The van der Waals surface area contributed by atoms with Crippen LogP contribution < -0.4 is 29.6 Å². The normalized spacial score (nSPS) is 5.00. The molecule has 0 bridgehead atoms. The second kappa shape index (κ2) is 16.2. The van der Waals surface area contributed by atoms with Crippen LogP contribution in [0.4, 0.5) is 0 Å². The molecule has 0 spiro atoms. The number of rotatable bonds is 1. The smallest absolute Gasteiger partial charge is 0.870 e. The van der Waals surface area contributed by atoms with Gasteiger partial charge in [-0.15, -0.1) is 0 Å². The van der Waals surface area contributed by atoms with E-state index in [0.29, 0.717) is 0 Å². The minimum Gasteiger partial charge on any atom is -0.870 e. The third-order valence-electron chi connectivity index (χ3n) is 0.224. The van der Waals surface area contributed by atoms with Crippen molar-refractivity contribution in [3.63, 3.8) is 0 Å². The fraction of sp³-hybridized carbons (Fsp3) is 1.00. The summed E-state index contributed by atoms with van der Waals surface area (Å²) in [6, 6.07) is 0. The van der Waals surface area contributed by atoms with Gasteiger partial charge in [-0.1, -0.05) is 6.92 Å². The zero-order valence-corrected chi connectivity index (χ0v) is 7.20. The van der Waals surface area contributed by atoms with Crippen LogP contribution >= 0.6 is 12.6 Å². The van der Waals surface area contributed by atoms with Crippen LogP contribution in [0, 0.1) is 0 Å². The second-order valence-corrected chi connectivity index (χ2v) is 1.17. The zero-order chi connectivity index (χ0) is 3.41. The summed E-state index contributed by atoms with van der Waals surface area (Å²) >= 11 is 3.92. The largest absolute Gasteiger partial charge is 1.00 e. The standard InChI is InChI=1S/C3H8S.Na.H2O/c1-2-3-4;;/h4H,2-3H2,1H3;;1H2/q;+1;/p-1. The maximum atomic E-state index is 3.92. The van der Waals surface area contributed by atoms with E-state index in [-0.39, 0.29) is 35.0 Å². The summed E-state index contributed by atoms with van der Waals surface area (Å²) in [6.07, 6.45) is 1.18. The molecule has 0 aliphatic heterocycles. The van der Waals surface area contributed by atoms with Gasteiger partial charge in [0.15, 0.2) is 0 Å². The van der Waals surface area contributed by atoms with Gasteiger partial charge in [0, 0.05) is 0 Å². The average Bonchev–Trinajstić information content (AvgIpc) is 1.37. The van der Waals surface area contributed by atoms with Crippen molar-refractivity contribution in [2.45, 2.75) is 13.3 Å². The first-order valence-electron chi connectivity index (χ1n) is 1.52. The van der Waals surface area contributed by atoms with Crippen LogP contribution in [0.3, 0.4) is 0 Å². The van der Waals surface area contributed by atoms with E-state index in [1.165, 1.54) is 6.42 Å². The number of thiol groups is 1. The second-order valence-electron chi connectivity index (χ2n) is 0.724. The SMILES string of the molecule is CCCS.[Na+].[OH-]. The van der Waals surface area contributed by atoms with Gasteiger partial charge in [-0.05, 0) is 12.2 Å². The summed E-state index contributed by atoms with van der Waals surface area (Å²) in [4.78, 5) is 0. The van der Waals surface area contributed by atoms with Crippen LogP contribution in [-0.4, -0.2) is 11.2 Å². The van der Waals surface area contributed by atoms with Gasteiger partial charge in [0.05, 0.1) is 0 Å². The minimum atomic E-state index is 0. The molecular weight excluding hydrogens is 107 g/mol. The third kappa shape index (κ3) is 18.5. The molecular formula is C3H9NaOS. The van der Waals surface area contributed by atoms with Gasteiger partial charge < -0.3 is 5.48 Å². The Hall–Kier alpha value is 1.31. The Kier molecular flexibility index (Phi) is 42.4. The molecule has 0 saturated carbocycles. The molecule has 0 saturated heterocycles. The molecule has 0 radical (unpaired) electrons. The van der Waals surface area contributed by atoms with Gasteiger partial charge in [-0.2, -0.15) is 12.6 Å². The van der Waals surface area contributed by atoms with Gasteiger partial charge in [0.2, 0.25) is 0 Å². The fourth-order valence-electron chi connectivity index (χ4n) is 0. The van der Waals surface area contributed by atoms with Crippen LogP contribution in [-0.2, 0) is 0 Å². The number of hydrogen-bond acceptors (Lipinski definition) is 2. The summed E-state index contributed by atoms with van der Waals surface area (Å²) < 4.78 is 0. The van der Waals surface area contributed by atoms with Crippen LogP contribution in [0.15, 0.2) is 0 Å². The van der Waals surface area contributed by atoms with Gasteiger partial charge in [-0.25, -0.2) is 0 Å². The summed E-state index contributed by atoms with van der Waals surface area (Å²) in [6.45, 7) is 2.10. The summed E-state index contributed by atoms with van der Waals surface area (Å²) in [5.74, 6) is 1.01. The predicted molar refractivity (Wildman–Crippen MR) is 26.1 cm³/mol. The molecule has 1 N–H and O–H groups in total. The third-order valence-corrected chi connectivity index (χ3v) is 0.671. The Morgan fingerprint density at radius 2 is 1.67 bits per heavy atom. The molecule has 0 rings (SSSR count). The van der Waals surface area contributed by atoms with Crippen LogP contribution in [0.2, 0.25) is 0 Å². The maximum absolute atomic E-state index is 3.92.